The Morgan fingerprint density at radius 1 is 1.12 bits per heavy atom. The summed E-state index contributed by atoms with van der Waals surface area (Å²) < 4.78 is 32.0. The van der Waals surface area contributed by atoms with Crippen molar-refractivity contribution in [3.05, 3.63) is 65.9 Å². The Labute approximate surface area is 198 Å². The predicted molar refractivity (Wildman–Crippen MR) is 129 cm³/mol. The second kappa shape index (κ2) is 8.38. The van der Waals surface area contributed by atoms with Crippen molar-refractivity contribution in [2.24, 2.45) is 0 Å². The van der Waals surface area contributed by atoms with E-state index in [9.17, 15) is 8.42 Å². The van der Waals surface area contributed by atoms with Gasteiger partial charge in [0.2, 0.25) is 0 Å². The highest BCUT2D eigenvalue weighted by molar-refractivity contribution is 7.92. The van der Waals surface area contributed by atoms with Crippen molar-refractivity contribution in [2.45, 2.75) is 35.4 Å². The standard InChI is InChI=1S/C25H25N5O3S/c1-17-16-33-13-12-30(17)23-14-22(28-24(29-23)19-4-6-20(27)7-5-19)25(10-11-25)34(31,32)21-8-2-18(15-26)3-9-21/h2-9,14,17H,10-13,16,27H2,1H3/t17-/m0/s1. The van der Waals surface area contributed by atoms with Gasteiger partial charge in [-0.1, -0.05) is 0 Å². The first-order valence-corrected chi connectivity index (χ1v) is 12.7. The summed E-state index contributed by atoms with van der Waals surface area (Å²) >= 11 is 0. The zero-order valence-corrected chi connectivity index (χ0v) is 19.6. The number of sulfone groups is 1. The van der Waals surface area contributed by atoms with E-state index in [1.807, 2.05) is 24.3 Å². The molecule has 2 N–H and O–H groups in total. The van der Waals surface area contributed by atoms with E-state index in [0.717, 1.165) is 5.56 Å². The minimum Gasteiger partial charge on any atom is -0.399 e. The lowest BCUT2D eigenvalue weighted by molar-refractivity contribution is 0.0985. The van der Waals surface area contributed by atoms with Crippen molar-refractivity contribution in [3.63, 3.8) is 0 Å². The fraction of sp³-hybridized carbons (Fsp3) is 0.320. The number of morpholine rings is 1. The van der Waals surface area contributed by atoms with Gasteiger partial charge in [-0.25, -0.2) is 18.4 Å². The number of anilines is 2. The molecule has 0 unspecified atom stereocenters. The summed E-state index contributed by atoms with van der Waals surface area (Å²) in [6.07, 6.45) is 0.956. The SMILES string of the molecule is C[C@H]1COCCN1c1cc(C2(S(=O)(=O)c3ccc(C#N)cc3)CC2)nc(-c2ccc(N)cc2)n1. The number of rotatable bonds is 5. The third kappa shape index (κ3) is 3.79. The van der Waals surface area contributed by atoms with Crippen molar-refractivity contribution >= 4 is 21.3 Å². The minimum absolute atomic E-state index is 0.0982. The van der Waals surface area contributed by atoms with Crippen LogP contribution in [-0.2, 0) is 19.3 Å². The van der Waals surface area contributed by atoms with Crippen LogP contribution in [0.15, 0.2) is 59.5 Å². The normalized spacial score (nSPS) is 19.4. The molecular weight excluding hydrogens is 450 g/mol. The molecule has 34 heavy (non-hydrogen) atoms. The summed E-state index contributed by atoms with van der Waals surface area (Å²) in [5.41, 5.74) is 8.17. The van der Waals surface area contributed by atoms with Crippen LogP contribution >= 0.6 is 0 Å². The molecule has 2 heterocycles. The van der Waals surface area contributed by atoms with E-state index < -0.39 is 14.6 Å². The molecule has 2 aromatic carbocycles. The van der Waals surface area contributed by atoms with E-state index in [2.05, 4.69) is 11.8 Å². The van der Waals surface area contributed by atoms with Gasteiger partial charge >= 0.3 is 0 Å². The smallest absolute Gasteiger partial charge is 0.189 e. The van der Waals surface area contributed by atoms with Gasteiger partial charge in [0.1, 0.15) is 10.6 Å². The summed E-state index contributed by atoms with van der Waals surface area (Å²) in [6, 6.07) is 17.3. The van der Waals surface area contributed by atoms with Crippen LogP contribution in [0, 0.1) is 11.3 Å². The molecule has 1 saturated heterocycles. The third-order valence-electron chi connectivity index (χ3n) is 6.52. The molecule has 1 atom stereocenters. The van der Waals surface area contributed by atoms with Crippen LogP contribution in [0.25, 0.3) is 11.4 Å². The Kier molecular flexibility index (Phi) is 5.50. The second-order valence-electron chi connectivity index (χ2n) is 8.81. The molecule has 1 saturated carbocycles. The Balaban J connectivity index is 1.63. The van der Waals surface area contributed by atoms with Crippen molar-refractivity contribution in [1.29, 1.82) is 5.26 Å². The zero-order chi connectivity index (χ0) is 23.9. The van der Waals surface area contributed by atoms with Gasteiger partial charge in [0, 0.05) is 23.9 Å². The average molecular weight is 476 g/mol. The fourth-order valence-electron chi connectivity index (χ4n) is 4.35. The minimum atomic E-state index is -3.74. The summed E-state index contributed by atoms with van der Waals surface area (Å²) in [5.74, 6) is 1.15. The van der Waals surface area contributed by atoms with Gasteiger partial charge < -0.3 is 15.4 Å². The number of nitriles is 1. The molecule has 0 spiro atoms. The zero-order valence-electron chi connectivity index (χ0n) is 18.8. The van der Waals surface area contributed by atoms with Crippen LogP contribution in [0.5, 0.6) is 0 Å². The molecule has 3 aromatic rings. The van der Waals surface area contributed by atoms with E-state index >= 15 is 0 Å². The van der Waals surface area contributed by atoms with Crippen molar-refractivity contribution < 1.29 is 13.2 Å². The van der Waals surface area contributed by atoms with Crippen molar-refractivity contribution in [1.82, 2.24) is 9.97 Å². The second-order valence-corrected chi connectivity index (χ2v) is 11.1. The van der Waals surface area contributed by atoms with E-state index in [0.29, 0.717) is 61.2 Å². The first-order valence-electron chi connectivity index (χ1n) is 11.2. The highest BCUT2D eigenvalue weighted by Crippen LogP contribution is 2.55. The lowest BCUT2D eigenvalue weighted by Gasteiger charge is -2.34. The van der Waals surface area contributed by atoms with Crippen molar-refractivity contribution in [2.75, 3.05) is 30.4 Å². The van der Waals surface area contributed by atoms with Crippen LogP contribution in [0.3, 0.4) is 0 Å². The fourth-order valence-corrected chi connectivity index (χ4v) is 6.32. The average Bonchev–Trinajstić information content (AvgIpc) is 3.67. The lowest BCUT2D eigenvalue weighted by Crippen LogP contribution is -2.44. The summed E-state index contributed by atoms with van der Waals surface area (Å²) in [7, 11) is -3.74. The van der Waals surface area contributed by atoms with Crippen LogP contribution in [0.4, 0.5) is 11.5 Å². The third-order valence-corrected chi connectivity index (χ3v) is 9.06. The van der Waals surface area contributed by atoms with Gasteiger partial charge in [0.05, 0.1) is 41.5 Å². The molecular formula is C25H25N5O3S. The molecule has 174 valence electrons. The summed E-state index contributed by atoms with van der Waals surface area (Å²) in [5, 5.41) is 9.08. The number of hydrogen-bond acceptors (Lipinski definition) is 8. The molecule has 2 fully saturated rings. The number of nitrogens with two attached hydrogens (primary N) is 1. The van der Waals surface area contributed by atoms with Gasteiger partial charge in [-0.3, -0.25) is 0 Å². The largest absolute Gasteiger partial charge is 0.399 e. The van der Waals surface area contributed by atoms with E-state index in [-0.39, 0.29) is 10.9 Å². The van der Waals surface area contributed by atoms with Gasteiger partial charge in [0.25, 0.3) is 0 Å². The number of nitrogens with zero attached hydrogens (tertiary/aromatic N) is 4. The highest BCUT2D eigenvalue weighted by atomic mass is 32.2. The van der Waals surface area contributed by atoms with E-state index in [1.54, 1.807) is 12.1 Å². The Morgan fingerprint density at radius 2 is 1.82 bits per heavy atom. The maximum Gasteiger partial charge on any atom is 0.189 e. The number of benzene rings is 2. The van der Waals surface area contributed by atoms with Crippen LogP contribution in [0.2, 0.25) is 0 Å². The Hall–Kier alpha value is -3.48. The lowest BCUT2D eigenvalue weighted by atomic mass is 10.1. The van der Waals surface area contributed by atoms with Crippen LogP contribution < -0.4 is 10.6 Å². The topological polar surface area (TPSA) is 122 Å². The number of ether oxygens (including phenoxy) is 1. The maximum absolute atomic E-state index is 13.8. The van der Waals surface area contributed by atoms with Gasteiger partial charge in [-0.2, -0.15) is 5.26 Å². The van der Waals surface area contributed by atoms with E-state index in [1.165, 1.54) is 24.3 Å². The first-order chi connectivity index (χ1) is 16.3. The van der Waals surface area contributed by atoms with E-state index in [4.69, 9.17) is 25.7 Å². The summed E-state index contributed by atoms with van der Waals surface area (Å²) in [4.78, 5) is 11.9. The molecule has 0 radical (unpaired) electrons. The highest BCUT2D eigenvalue weighted by Gasteiger charge is 2.58. The van der Waals surface area contributed by atoms with Gasteiger partial charge in [0.15, 0.2) is 15.7 Å². The van der Waals surface area contributed by atoms with Crippen molar-refractivity contribution in [3.8, 4) is 17.5 Å². The molecule has 8 nitrogen and oxygen atoms in total. The Morgan fingerprint density at radius 3 is 2.44 bits per heavy atom. The maximum atomic E-state index is 13.8. The first kappa shape index (κ1) is 22.3. The monoisotopic (exact) mass is 475 g/mol. The summed E-state index contributed by atoms with van der Waals surface area (Å²) in [6.45, 7) is 3.87. The molecule has 9 heteroatoms. The number of nitrogen functional groups attached to an aromatic ring is 1. The van der Waals surface area contributed by atoms with Crippen LogP contribution in [0.1, 0.15) is 31.0 Å². The Bertz CT molecular complexity index is 1360. The predicted octanol–water partition coefficient (Wildman–Crippen LogP) is 3.29. The molecule has 1 aliphatic heterocycles. The van der Waals surface area contributed by atoms with Gasteiger partial charge in [-0.15, -0.1) is 0 Å². The molecule has 0 bridgehead atoms. The number of aromatic nitrogens is 2. The molecule has 2 aliphatic rings. The quantitative estimate of drug-likeness (QED) is 0.558. The molecule has 0 amide bonds. The molecule has 1 aliphatic carbocycles. The molecule has 1 aromatic heterocycles. The molecule has 5 rings (SSSR count). The van der Waals surface area contributed by atoms with Crippen LogP contribution in [-0.4, -0.2) is 44.2 Å². The van der Waals surface area contributed by atoms with Gasteiger partial charge in [-0.05, 0) is 68.3 Å². The number of hydrogen-bond donors (Lipinski definition) is 1.